The number of imidazole rings is 2. The molecule has 7 rings (SSSR count). The Bertz CT molecular complexity index is 2510. The lowest BCUT2D eigenvalue weighted by Crippen LogP contribution is -2.54. The quantitative estimate of drug-likeness (QED) is 0.0803. The lowest BCUT2D eigenvalue weighted by atomic mass is 9.71. The number of carboxylic acid groups (broad SMARTS) is 1. The fourth-order valence-corrected chi connectivity index (χ4v) is 11.0. The number of likely N-dealkylation sites (tertiary alicyclic amines) is 2. The van der Waals surface area contributed by atoms with Crippen LogP contribution in [0.15, 0.2) is 67.1 Å². The predicted octanol–water partition coefficient (Wildman–Crippen LogP) is 12.3. The summed E-state index contributed by atoms with van der Waals surface area (Å²) in [5, 5.41) is 12.6. The monoisotopic (exact) mass is 936 g/mol. The number of carbonyl (C=O) groups is 2. The third-order valence-corrected chi connectivity index (χ3v) is 16.5. The van der Waals surface area contributed by atoms with Crippen molar-refractivity contribution < 1.29 is 28.9 Å². The summed E-state index contributed by atoms with van der Waals surface area (Å²) in [5.74, 6) is 1.53. The third kappa shape index (κ3) is 10.8. The zero-order valence-corrected chi connectivity index (χ0v) is 43.5. The minimum atomic E-state index is -1.34. The molecule has 356 valence electrons. The van der Waals surface area contributed by atoms with Crippen LogP contribution >= 0.6 is 0 Å². The molecule has 0 bridgehead atoms. The van der Waals surface area contributed by atoms with Gasteiger partial charge in [-0.05, 0) is 99.0 Å². The zero-order valence-electron chi connectivity index (χ0n) is 41.5. The van der Waals surface area contributed by atoms with Gasteiger partial charge in [-0.2, -0.15) is 0 Å². The second-order valence-corrected chi connectivity index (χ2v) is 34.0. The first-order valence-corrected chi connectivity index (χ1v) is 31.2. The van der Waals surface area contributed by atoms with Crippen molar-refractivity contribution in [3.05, 3.63) is 78.8 Å². The maximum atomic E-state index is 13.4. The maximum Gasteiger partial charge on any atom is 0.410 e. The number of nitrogens with zero attached hydrogens (tertiary/aromatic N) is 7. The number of rotatable bonds is 15. The van der Waals surface area contributed by atoms with Gasteiger partial charge in [-0.3, -0.25) is 14.8 Å². The lowest BCUT2D eigenvalue weighted by molar-refractivity contribution is 0.00957. The molecule has 0 radical (unpaired) electrons. The number of hydrogen-bond acceptors (Lipinski definition) is 8. The summed E-state index contributed by atoms with van der Waals surface area (Å²) in [6, 6.07) is 18.9. The molecule has 2 aliphatic heterocycles. The molecule has 5 aromatic rings. The van der Waals surface area contributed by atoms with Crippen LogP contribution < -0.4 is 0 Å². The number of fused-ring (bicyclic) bond motifs is 1. The van der Waals surface area contributed by atoms with E-state index in [2.05, 4.69) is 112 Å². The van der Waals surface area contributed by atoms with Crippen LogP contribution in [0.1, 0.15) is 84.9 Å². The molecule has 0 unspecified atom stereocenters. The van der Waals surface area contributed by atoms with Crippen LogP contribution in [0.4, 0.5) is 9.59 Å². The first-order valence-electron chi connectivity index (χ1n) is 23.7. The SMILES string of the molecule is CC(C)(C)OC(=O)N1CCC[C@H]1c1ncc(-c2ccc3cc(-c4ccc(-c5cnc([C@@]6(C(C)(C)C)CCCN6C(=O)O)n5COCC[Si](C)(C)C)cn4)ccc3c2)n1COCC[Si](C)(C)C. The summed E-state index contributed by atoms with van der Waals surface area (Å²) in [7, 11) is -2.64. The molecular formula is C51H73N7O6Si2. The number of hydrogen-bond donors (Lipinski definition) is 1. The first kappa shape index (κ1) is 49.1. The molecule has 0 aliphatic carbocycles. The highest BCUT2D eigenvalue weighted by atomic mass is 28.3. The molecule has 0 spiro atoms. The first-order chi connectivity index (χ1) is 31.0. The highest BCUT2D eigenvalue weighted by Crippen LogP contribution is 2.51. The van der Waals surface area contributed by atoms with Gasteiger partial charge < -0.3 is 28.5 Å². The Labute approximate surface area is 393 Å². The normalized spacial score (nSPS) is 18.5. The Kier molecular flexibility index (Phi) is 14.2. The van der Waals surface area contributed by atoms with Crippen molar-refractivity contribution in [1.29, 1.82) is 0 Å². The van der Waals surface area contributed by atoms with Crippen molar-refractivity contribution in [2.45, 2.75) is 149 Å². The second-order valence-electron chi connectivity index (χ2n) is 22.7. The number of benzene rings is 2. The molecule has 3 aromatic heterocycles. The van der Waals surface area contributed by atoms with Gasteiger partial charge in [0.2, 0.25) is 0 Å². The topological polar surface area (TPSA) is 137 Å². The van der Waals surface area contributed by atoms with Crippen molar-refractivity contribution in [3.63, 3.8) is 0 Å². The van der Waals surface area contributed by atoms with E-state index in [4.69, 9.17) is 29.2 Å². The highest BCUT2D eigenvalue weighted by molar-refractivity contribution is 6.76. The van der Waals surface area contributed by atoms with Crippen LogP contribution in [0.3, 0.4) is 0 Å². The molecule has 0 saturated carbocycles. The van der Waals surface area contributed by atoms with Crippen molar-refractivity contribution in [3.8, 4) is 33.8 Å². The van der Waals surface area contributed by atoms with Crippen LogP contribution in [0.5, 0.6) is 0 Å². The summed E-state index contributed by atoms with van der Waals surface area (Å²) >= 11 is 0. The van der Waals surface area contributed by atoms with E-state index < -0.39 is 38.8 Å². The fraction of sp³-hybridized carbons (Fsp3) is 0.549. The molecule has 2 amide bonds. The van der Waals surface area contributed by atoms with Crippen molar-refractivity contribution >= 4 is 39.1 Å². The van der Waals surface area contributed by atoms with E-state index in [1.165, 1.54) is 0 Å². The van der Waals surface area contributed by atoms with E-state index in [9.17, 15) is 14.7 Å². The van der Waals surface area contributed by atoms with Crippen molar-refractivity contribution in [1.82, 2.24) is 33.9 Å². The molecular weight excluding hydrogens is 863 g/mol. The minimum Gasteiger partial charge on any atom is -0.465 e. The van der Waals surface area contributed by atoms with E-state index in [0.29, 0.717) is 45.3 Å². The van der Waals surface area contributed by atoms with Crippen molar-refractivity contribution in [2.24, 2.45) is 5.41 Å². The summed E-state index contributed by atoms with van der Waals surface area (Å²) in [6.07, 6.45) is 7.54. The van der Waals surface area contributed by atoms with Crippen LogP contribution in [-0.4, -0.2) is 99.2 Å². The van der Waals surface area contributed by atoms with E-state index >= 15 is 0 Å². The van der Waals surface area contributed by atoms with Crippen molar-refractivity contribution in [2.75, 3.05) is 26.3 Å². The second kappa shape index (κ2) is 19.0. The molecule has 5 heterocycles. The Hall–Kier alpha value is -4.84. The highest BCUT2D eigenvalue weighted by Gasteiger charge is 2.56. The predicted molar refractivity (Wildman–Crippen MR) is 268 cm³/mol. The molecule has 2 aromatic carbocycles. The smallest absolute Gasteiger partial charge is 0.410 e. The van der Waals surface area contributed by atoms with E-state index in [1.54, 1.807) is 4.90 Å². The Morgan fingerprint density at radius 2 is 1.32 bits per heavy atom. The standard InChI is InChI=1S/C51H73N7O6Si2/c1-49(2,3)51(22-14-24-58(51)47(59)60)46-54-33-44(57(46)35-63-26-28-66(10,11)12)40-20-21-41(52-31-40)38-18-16-37-30-39(19-17-36(37)29-38)43-32-53-45(56(43)34-62-25-27-65(7,8)9)42-15-13-23-55(42)48(61)64-50(4,5)6/h16-21,29-33,42H,13-15,22-28,34-35H2,1-12H3,(H,59,60)/t42-,51+/m0/s1. The molecule has 2 atom stereocenters. The Balaban J connectivity index is 1.17. The molecule has 13 nitrogen and oxygen atoms in total. The van der Waals surface area contributed by atoms with Gasteiger partial charge in [-0.25, -0.2) is 19.6 Å². The fourth-order valence-electron chi connectivity index (χ4n) is 9.44. The van der Waals surface area contributed by atoms with E-state index in [1.807, 2.05) is 50.3 Å². The number of carbonyl (C=O) groups excluding carboxylic acids is 1. The Morgan fingerprint density at radius 1 is 0.727 bits per heavy atom. The van der Waals surface area contributed by atoms with Crippen LogP contribution in [0, 0.1) is 5.41 Å². The van der Waals surface area contributed by atoms with Gasteiger partial charge >= 0.3 is 12.2 Å². The van der Waals surface area contributed by atoms with E-state index in [-0.39, 0.29) is 18.9 Å². The number of pyridine rings is 1. The average molecular weight is 936 g/mol. The summed E-state index contributed by atoms with van der Waals surface area (Å²) < 4.78 is 22.8. The van der Waals surface area contributed by atoms with Crippen LogP contribution in [0.25, 0.3) is 44.5 Å². The van der Waals surface area contributed by atoms with Crippen LogP contribution in [-0.2, 0) is 33.2 Å². The van der Waals surface area contributed by atoms with E-state index in [0.717, 1.165) is 81.7 Å². The molecule has 2 fully saturated rings. The zero-order chi connectivity index (χ0) is 47.8. The van der Waals surface area contributed by atoms with Crippen LogP contribution in [0.2, 0.25) is 51.4 Å². The number of ether oxygens (including phenoxy) is 3. The summed E-state index contributed by atoms with van der Waals surface area (Å²) in [5.41, 5.74) is 3.68. The van der Waals surface area contributed by atoms with Gasteiger partial charge in [0.1, 0.15) is 36.3 Å². The largest absolute Gasteiger partial charge is 0.465 e. The Morgan fingerprint density at radius 3 is 1.91 bits per heavy atom. The molecule has 15 heteroatoms. The maximum absolute atomic E-state index is 13.4. The van der Waals surface area contributed by atoms with Gasteiger partial charge in [0, 0.05) is 65.3 Å². The van der Waals surface area contributed by atoms with Gasteiger partial charge in [-0.15, -0.1) is 0 Å². The van der Waals surface area contributed by atoms with Gasteiger partial charge in [0.25, 0.3) is 0 Å². The van der Waals surface area contributed by atoms with Gasteiger partial charge in [0.05, 0.1) is 35.5 Å². The van der Waals surface area contributed by atoms with Gasteiger partial charge in [-0.1, -0.05) is 84.3 Å². The average Bonchev–Trinajstić information content (AvgIpc) is 4.05. The number of aromatic nitrogens is 5. The summed E-state index contributed by atoms with van der Waals surface area (Å²) in [4.78, 5) is 44.5. The molecule has 1 N–H and O–H groups in total. The lowest BCUT2D eigenvalue weighted by Gasteiger charge is -2.46. The summed E-state index contributed by atoms with van der Waals surface area (Å²) in [6.45, 7) is 29.1. The molecule has 2 aliphatic rings. The molecule has 66 heavy (non-hydrogen) atoms. The molecule has 2 saturated heterocycles. The minimum absolute atomic E-state index is 0.207. The van der Waals surface area contributed by atoms with Gasteiger partial charge in [0.15, 0.2) is 0 Å². The third-order valence-electron chi connectivity index (χ3n) is 13.1. The number of amides is 2.